The fourth-order valence-corrected chi connectivity index (χ4v) is 1.48. The number of rotatable bonds is 4. The Hall–Kier alpha value is -2.29. The van der Waals surface area contributed by atoms with Crippen LogP contribution in [-0.2, 0) is 15.7 Å². The Labute approximate surface area is 114 Å². The second-order valence-corrected chi connectivity index (χ2v) is 3.82. The molecule has 20 heavy (non-hydrogen) atoms. The van der Waals surface area contributed by atoms with E-state index in [9.17, 15) is 18.0 Å². The number of benzene rings is 1. The van der Waals surface area contributed by atoms with Crippen molar-refractivity contribution < 1.29 is 22.7 Å². The zero-order chi connectivity index (χ0) is 15.2. The number of alkyl halides is 3. The van der Waals surface area contributed by atoms with E-state index < -0.39 is 17.7 Å². The second kappa shape index (κ2) is 6.75. The molecule has 0 spiro atoms. The molecule has 0 atom stereocenters. The summed E-state index contributed by atoms with van der Waals surface area (Å²) in [6.07, 6.45) is -1.62. The molecule has 6 heteroatoms. The van der Waals surface area contributed by atoms with Crippen molar-refractivity contribution in [3.05, 3.63) is 41.0 Å². The molecule has 0 aromatic heterocycles. The molecule has 0 unspecified atom stereocenters. The van der Waals surface area contributed by atoms with Crippen molar-refractivity contribution in [3.63, 3.8) is 0 Å². The molecule has 0 fully saturated rings. The lowest BCUT2D eigenvalue weighted by Gasteiger charge is -2.07. The highest BCUT2D eigenvalue weighted by Crippen LogP contribution is 2.30. The molecule has 1 aromatic carbocycles. The number of nitriles is 1. The molecule has 3 nitrogen and oxygen atoms in total. The summed E-state index contributed by atoms with van der Waals surface area (Å²) < 4.78 is 42.2. The highest BCUT2D eigenvalue weighted by atomic mass is 19.4. The summed E-state index contributed by atoms with van der Waals surface area (Å²) in [5.41, 5.74) is -0.652. The first-order chi connectivity index (χ1) is 9.38. The maximum Gasteiger partial charge on any atom is 0.416 e. The van der Waals surface area contributed by atoms with Crippen LogP contribution >= 0.6 is 0 Å². The summed E-state index contributed by atoms with van der Waals surface area (Å²) in [4.78, 5) is 11.1. The van der Waals surface area contributed by atoms with Crippen molar-refractivity contribution >= 4 is 12.0 Å². The van der Waals surface area contributed by atoms with E-state index in [0.717, 1.165) is 12.1 Å². The third-order valence-corrected chi connectivity index (χ3v) is 2.39. The first-order valence-electron chi connectivity index (χ1n) is 5.82. The van der Waals surface area contributed by atoms with Gasteiger partial charge in [-0.1, -0.05) is 18.2 Å². The van der Waals surface area contributed by atoms with Gasteiger partial charge in [-0.3, -0.25) is 4.79 Å². The zero-order valence-corrected chi connectivity index (χ0v) is 10.7. The topological polar surface area (TPSA) is 50.1 Å². The summed E-state index contributed by atoms with van der Waals surface area (Å²) in [5, 5.41) is 8.86. The van der Waals surface area contributed by atoms with Crippen LogP contribution in [-0.4, -0.2) is 12.6 Å². The van der Waals surface area contributed by atoms with E-state index >= 15 is 0 Å². The summed E-state index contributed by atoms with van der Waals surface area (Å²) >= 11 is 0. The van der Waals surface area contributed by atoms with E-state index in [1.807, 2.05) is 0 Å². The standard InChI is InChI=1S/C14H12F3NO2/c1-2-20-13(19)5-3-4-10-6-7-12(14(15,16)17)8-11(10)9-18/h3-4,6-8H,2,5H2,1H3. The van der Waals surface area contributed by atoms with E-state index in [1.54, 1.807) is 13.0 Å². The van der Waals surface area contributed by atoms with Crippen LogP contribution < -0.4 is 0 Å². The van der Waals surface area contributed by atoms with Crippen LogP contribution in [0.3, 0.4) is 0 Å². The molecule has 0 aliphatic heterocycles. The molecule has 1 rings (SSSR count). The third kappa shape index (κ3) is 4.43. The van der Waals surface area contributed by atoms with Gasteiger partial charge in [0.05, 0.1) is 30.2 Å². The highest BCUT2D eigenvalue weighted by Gasteiger charge is 2.30. The second-order valence-electron chi connectivity index (χ2n) is 3.82. The van der Waals surface area contributed by atoms with Crippen LogP contribution in [0.25, 0.3) is 6.08 Å². The molecular formula is C14H12F3NO2. The molecule has 1 aromatic rings. The van der Waals surface area contributed by atoms with Crippen LogP contribution in [0.4, 0.5) is 13.2 Å². The van der Waals surface area contributed by atoms with Crippen molar-refractivity contribution in [2.45, 2.75) is 19.5 Å². The molecule has 0 aliphatic rings. The van der Waals surface area contributed by atoms with Crippen LogP contribution in [0, 0.1) is 11.3 Å². The summed E-state index contributed by atoms with van der Waals surface area (Å²) in [5.74, 6) is -0.436. The SMILES string of the molecule is CCOC(=O)CC=Cc1ccc(C(F)(F)F)cc1C#N. The summed E-state index contributed by atoms with van der Waals surface area (Å²) in [7, 11) is 0. The molecule has 0 N–H and O–H groups in total. The first kappa shape index (κ1) is 15.8. The van der Waals surface area contributed by atoms with Crippen molar-refractivity contribution in [1.82, 2.24) is 0 Å². The molecule has 106 valence electrons. The van der Waals surface area contributed by atoms with E-state index in [-0.39, 0.29) is 18.6 Å². The van der Waals surface area contributed by atoms with Gasteiger partial charge >= 0.3 is 12.1 Å². The van der Waals surface area contributed by atoms with E-state index in [2.05, 4.69) is 0 Å². The smallest absolute Gasteiger partial charge is 0.416 e. The Kier molecular flexibility index (Phi) is 5.32. The first-order valence-corrected chi connectivity index (χ1v) is 5.82. The number of hydrogen-bond donors (Lipinski definition) is 0. The molecule has 0 aliphatic carbocycles. The molecule has 0 heterocycles. The van der Waals surface area contributed by atoms with E-state index in [1.165, 1.54) is 18.2 Å². The molecule has 0 bridgehead atoms. The van der Waals surface area contributed by atoms with Gasteiger partial charge < -0.3 is 4.74 Å². The predicted octanol–water partition coefficient (Wildman–Crippen LogP) is 3.54. The van der Waals surface area contributed by atoms with Gasteiger partial charge in [-0.2, -0.15) is 18.4 Å². The number of nitrogens with zero attached hydrogens (tertiary/aromatic N) is 1. The monoisotopic (exact) mass is 283 g/mol. The molecule has 0 amide bonds. The van der Waals surface area contributed by atoms with Gasteiger partial charge in [0.25, 0.3) is 0 Å². The number of carbonyl (C=O) groups excluding carboxylic acids is 1. The lowest BCUT2D eigenvalue weighted by Crippen LogP contribution is -2.05. The van der Waals surface area contributed by atoms with Gasteiger partial charge in [-0.25, -0.2) is 0 Å². The van der Waals surface area contributed by atoms with Crippen molar-refractivity contribution in [1.29, 1.82) is 5.26 Å². The quantitative estimate of drug-likeness (QED) is 0.794. The average Bonchev–Trinajstić information content (AvgIpc) is 2.38. The largest absolute Gasteiger partial charge is 0.466 e. The van der Waals surface area contributed by atoms with Crippen LogP contribution in [0.5, 0.6) is 0 Å². The Balaban J connectivity index is 2.89. The third-order valence-electron chi connectivity index (χ3n) is 2.39. The Morgan fingerprint density at radius 1 is 1.45 bits per heavy atom. The average molecular weight is 283 g/mol. The van der Waals surface area contributed by atoms with Crippen molar-refractivity contribution in [2.75, 3.05) is 6.61 Å². The van der Waals surface area contributed by atoms with Crippen molar-refractivity contribution in [2.24, 2.45) is 0 Å². The van der Waals surface area contributed by atoms with Gasteiger partial charge in [0, 0.05) is 0 Å². The Morgan fingerprint density at radius 3 is 2.70 bits per heavy atom. The number of halogens is 3. The number of carbonyl (C=O) groups is 1. The number of esters is 1. The highest BCUT2D eigenvalue weighted by molar-refractivity contribution is 5.73. The van der Waals surface area contributed by atoms with Crippen molar-refractivity contribution in [3.8, 4) is 6.07 Å². The van der Waals surface area contributed by atoms with Gasteiger partial charge in [-0.15, -0.1) is 0 Å². The minimum absolute atomic E-state index is 0.000267. The zero-order valence-electron chi connectivity index (χ0n) is 10.7. The lowest BCUT2D eigenvalue weighted by molar-refractivity contribution is -0.142. The van der Waals surface area contributed by atoms with E-state index in [0.29, 0.717) is 5.56 Å². The van der Waals surface area contributed by atoms with Gasteiger partial charge in [0.1, 0.15) is 0 Å². The molecule has 0 radical (unpaired) electrons. The minimum atomic E-state index is -4.49. The number of hydrogen-bond acceptors (Lipinski definition) is 3. The minimum Gasteiger partial charge on any atom is -0.466 e. The fourth-order valence-electron chi connectivity index (χ4n) is 1.48. The van der Waals surface area contributed by atoms with Crippen LogP contribution in [0.1, 0.15) is 30.0 Å². The van der Waals surface area contributed by atoms with Crippen LogP contribution in [0.15, 0.2) is 24.3 Å². The summed E-state index contributed by atoms with van der Waals surface area (Å²) in [6.45, 7) is 1.93. The maximum absolute atomic E-state index is 12.5. The molecule has 0 saturated carbocycles. The predicted molar refractivity (Wildman–Crippen MR) is 66.4 cm³/mol. The Morgan fingerprint density at radius 2 is 2.15 bits per heavy atom. The maximum atomic E-state index is 12.5. The normalized spacial score (nSPS) is 11.3. The van der Waals surface area contributed by atoms with E-state index in [4.69, 9.17) is 10.00 Å². The fraction of sp³-hybridized carbons (Fsp3) is 0.286. The summed E-state index contributed by atoms with van der Waals surface area (Å²) in [6, 6.07) is 4.58. The molecule has 0 saturated heterocycles. The molecular weight excluding hydrogens is 271 g/mol. The van der Waals surface area contributed by atoms with Crippen LogP contribution in [0.2, 0.25) is 0 Å². The van der Waals surface area contributed by atoms with Gasteiger partial charge in [0.2, 0.25) is 0 Å². The van der Waals surface area contributed by atoms with Gasteiger partial charge in [0.15, 0.2) is 0 Å². The number of ether oxygens (including phenoxy) is 1. The Bertz CT molecular complexity index is 557. The lowest BCUT2D eigenvalue weighted by atomic mass is 10.0. The van der Waals surface area contributed by atoms with Gasteiger partial charge in [-0.05, 0) is 24.6 Å².